The molecule has 1 N–H and O–H groups in total. The molecule has 1 saturated heterocycles. The van der Waals surface area contributed by atoms with E-state index in [9.17, 15) is 4.79 Å². The van der Waals surface area contributed by atoms with Crippen LogP contribution in [-0.4, -0.2) is 11.1 Å². The fourth-order valence-corrected chi connectivity index (χ4v) is 2.86. The van der Waals surface area contributed by atoms with Gasteiger partial charge in [0.1, 0.15) is 5.76 Å². The third-order valence-corrected chi connectivity index (χ3v) is 3.91. The highest BCUT2D eigenvalue weighted by Crippen LogP contribution is 2.28. The second-order valence-electron chi connectivity index (χ2n) is 3.98. The van der Waals surface area contributed by atoms with Gasteiger partial charge in [-0.3, -0.25) is 4.79 Å². The van der Waals surface area contributed by atoms with Gasteiger partial charge in [-0.05, 0) is 42.1 Å². The van der Waals surface area contributed by atoms with Gasteiger partial charge in [-0.2, -0.15) is 0 Å². The van der Waals surface area contributed by atoms with Gasteiger partial charge in [0, 0.05) is 10.5 Å². The third-order valence-electron chi connectivity index (χ3n) is 2.51. The number of nitrogens with zero attached hydrogens (tertiary/aromatic N) is 1. The molecule has 0 saturated carbocycles. The Balaban J connectivity index is 1.83. The zero-order valence-corrected chi connectivity index (χ0v) is 12.6. The van der Waals surface area contributed by atoms with E-state index in [1.165, 1.54) is 11.8 Å². The number of thioether (sulfide) groups is 1. The van der Waals surface area contributed by atoms with E-state index in [2.05, 4.69) is 26.2 Å². The first-order valence-corrected chi connectivity index (χ1v) is 7.40. The normalized spacial score (nSPS) is 18.8. The molecular formula is C14H9BrN2O2S. The van der Waals surface area contributed by atoms with E-state index >= 15 is 0 Å². The van der Waals surface area contributed by atoms with Crippen LogP contribution in [0.5, 0.6) is 0 Å². The summed E-state index contributed by atoms with van der Waals surface area (Å²) in [5, 5.41) is 3.29. The van der Waals surface area contributed by atoms with Gasteiger partial charge in [0.05, 0.1) is 16.9 Å². The molecule has 2 aromatic rings. The summed E-state index contributed by atoms with van der Waals surface area (Å²) in [6, 6.07) is 11.1. The van der Waals surface area contributed by atoms with Gasteiger partial charge in [0.15, 0.2) is 5.17 Å². The van der Waals surface area contributed by atoms with E-state index in [1.807, 2.05) is 24.3 Å². The summed E-state index contributed by atoms with van der Waals surface area (Å²) < 4.78 is 6.14. The number of furan rings is 1. The zero-order valence-electron chi connectivity index (χ0n) is 10.2. The van der Waals surface area contributed by atoms with Crippen LogP contribution in [0.15, 0.2) is 61.4 Å². The molecule has 1 aliphatic heterocycles. The SMILES string of the molecule is O=C1NC(=Nc2cccc(Br)c2)S/C1=C\c1ccco1. The lowest BCUT2D eigenvalue weighted by Gasteiger charge is -1.96. The van der Waals surface area contributed by atoms with Crippen molar-refractivity contribution >= 4 is 50.5 Å². The van der Waals surface area contributed by atoms with Gasteiger partial charge >= 0.3 is 0 Å². The zero-order chi connectivity index (χ0) is 13.9. The van der Waals surface area contributed by atoms with Crippen LogP contribution in [0.4, 0.5) is 5.69 Å². The largest absolute Gasteiger partial charge is 0.465 e. The number of amidine groups is 1. The highest BCUT2D eigenvalue weighted by molar-refractivity contribution is 9.10. The maximum atomic E-state index is 11.8. The molecule has 1 aromatic heterocycles. The minimum atomic E-state index is -0.167. The number of carbonyl (C=O) groups is 1. The first kappa shape index (κ1) is 13.2. The second-order valence-corrected chi connectivity index (χ2v) is 5.92. The lowest BCUT2D eigenvalue weighted by atomic mass is 10.3. The quantitative estimate of drug-likeness (QED) is 0.836. The number of halogens is 1. The summed E-state index contributed by atoms with van der Waals surface area (Å²) in [5.41, 5.74) is 0.779. The molecule has 0 bridgehead atoms. The predicted octanol–water partition coefficient (Wildman–Crippen LogP) is 3.93. The van der Waals surface area contributed by atoms with Crippen molar-refractivity contribution in [3.8, 4) is 0 Å². The van der Waals surface area contributed by atoms with Gasteiger partial charge < -0.3 is 9.73 Å². The van der Waals surface area contributed by atoms with Crippen LogP contribution in [0.1, 0.15) is 5.76 Å². The van der Waals surface area contributed by atoms with Gasteiger partial charge in [-0.25, -0.2) is 4.99 Å². The van der Waals surface area contributed by atoms with E-state index in [-0.39, 0.29) is 5.91 Å². The van der Waals surface area contributed by atoms with E-state index in [1.54, 1.807) is 24.5 Å². The molecule has 0 atom stereocenters. The molecule has 0 unspecified atom stereocenters. The van der Waals surface area contributed by atoms with Gasteiger partial charge in [0.25, 0.3) is 5.91 Å². The fraction of sp³-hybridized carbons (Fsp3) is 0. The third kappa shape index (κ3) is 3.02. The van der Waals surface area contributed by atoms with Crippen molar-refractivity contribution in [2.45, 2.75) is 0 Å². The van der Waals surface area contributed by atoms with Crippen molar-refractivity contribution in [2.24, 2.45) is 4.99 Å². The van der Waals surface area contributed by atoms with Gasteiger partial charge in [-0.1, -0.05) is 22.0 Å². The summed E-state index contributed by atoms with van der Waals surface area (Å²) in [4.78, 5) is 16.8. The number of amides is 1. The molecule has 6 heteroatoms. The molecule has 4 nitrogen and oxygen atoms in total. The standard InChI is InChI=1S/C14H9BrN2O2S/c15-9-3-1-4-10(7-9)16-14-17-13(18)12(20-14)8-11-5-2-6-19-11/h1-8H,(H,16,17,18)/b12-8-. The number of hydrogen-bond acceptors (Lipinski definition) is 4. The van der Waals surface area contributed by atoms with Crippen LogP contribution in [0.3, 0.4) is 0 Å². The molecule has 100 valence electrons. The molecule has 1 aliphatic rings. The monoisotopic (exact) mass is 348 g/mol. The Labute approximate surface area is 128 Å². The molecule has 1 fully saturated rings. The Bertz CT molecular complexity index is 708. The molecular weight excluding hydrogens is 340 g/mol. The van der Waals surface area contributed by atoms with Gasteiger partial charge in [-0.15, -0.1) is 0 Å². The Hall–Kier alpha value is -1.79. The van der Waals surface area contributed by atoms with E-state index in [0.717, 1.165) is 10.2 Å². The molecule has 2 heterocycles. The van der Waals surface area contributed by atoms with Crippen molar-refractivity contribution in [1.82, 2.24) is 5.32 Å². The lowest BCUT2D eigenvalue weighted by molar-refractivity contribution is -0.115. The van der Waals surface area contributed by atoms with Gasteiger partial charge in [0.2, 0.25) is 0 Å². The maximum absolute atomic E-state index is 11.8. The molecule has 0 aliphatic carbocycles. The smallest absolute Gasteiger partial charge is 0.264 e. The van der Waals surface area contributed by atoms with E-state index in [4.69, 9.17) is 4.42 Å². The van der Waals surface area contributed by atoms with Crippen LogP contribution < -0.4 is 5.32 Å². The molecule has 1 aromatic carbocycles. The average molecular weight is 349 g/mol. The number of hydrogen-bond donors (Lipinski definition) is 1. The minimum Gasteiger partial charge on any atom is -0.465 e. The lowest BCUT2D eigenvalue weighted by Crippen LogP contribution is -2.19. The second kappa shape index (κ2) is 5.68. The highest BCUT2D eigenvalue weighted by Gasteiger charge is 2.24. The summed E-state index contributed by atoms with van der Waals surface area (Å²) in [6.45, 7) is 0. The summed E-state index contributed by atoms with van der Waals surface area (Å²) in [7, 11) is 0. The number of carbonyl (C=O) groups excluding carboxylic acids is 1. The fourth-order valence-electron chi connectivity index (χ4n) is 1.65. The number of benzene rings is 1. The number of nitrogens with one attached hydrogen (secondary N) is 1. The summed E-state index contributed by atoms with van der Waals surface area (Å²) in [6.07, 6.45) is 3.27. The molecule has 1 amide bonds. The Morgan fingerprint density at radius 1 is 1.30 bits per heavy atom. The van der Waals surface area contributed by atoms with Crippen LogP contribution in [-0.2, 0) is 4.79 Å². The Morgan fingerprint density at radius 2 is 2.20 bits per heavy atom. The van der Waals surface area contributed by atoms with E-state index in [0.29, 0.717) is 15.8 Å². The van der Waals surface area contributed by atoms with Crippen molar-refractivity contribution in [3.63, 3.8) is 0 Å². The first-order chi connectivity index (χ1) is 9.70. The molecule has 20 heavy (non-hydrogen) atoms. The first-order valence-electron chi connectivity index (χ1n) is 5.79. The highest BCUT2D eigenvalue weighted by atomic mass is 79.9. The van der Waals surface area contributed by atoms with Crippen LogP contribution in [0, 0.1) is 0 Å². The van der Waals surface area contributed by atoms with Crippen molar-refractivity contribution < 1.29 is 9.21 Å². The molecule has 0 radical (unpaired) electrons. The maximum Gasteiger partial charge on any atom is 0.264 e. The van der Waals surface area contributed by atoms with Crippen LogP contribution in [0.2, 0.25) is 0 Å². The van der Waals surface area contributed by atoms with Crippen LogP contribution >= 0.6 is 27.7 Å². The topological polar surface area (TPSA) is 54.6 Å². The Kier molecular flexibility index (Phi) is 3.75. The average Bonchev–Trinajstić information content (AvgIpc) is 3.01. The van der Waals surface area contributed by atoms with Crippen molar-refractivity contribution in [2.75, 3.05) is 0 Å². The summed E-state index contributed by atoms with van der Waals surface area (Å²) in [5.74, 6) is 0.478. The predicted molar refractivity (Wildman–Crippen MR) is 83.7 cm³/mol. The minimum absolute atomic E-state index is 0.167. The van der Waals surface area contributed by atoms with Crippen LogP contribution in [0.25, 0.3) is 6.08 Å². The van der Waals surface area contributed by atoms with Crippen molar-refractivity contribution in [3.05, 3.63) is 57.8 Å². The Morgan fingerprint density at radius 3 is 2.95 bits per heavy atom. The number of rotatable bonds is 2. The van der Waals surface area contributed by atoms with E-state index < -0.39 is 0 Å². The molecule has 0 spiro atoms. The number of aliphatic imine (C=N–C) groups is 1. The van der Waals surface area contributed by atoms with Crippen molar-refractivity contribution in [1.29, 1.82) is 0 Å². The summed E-state index contributed by atoms with van der Waals surface area (Å²) >= 11 is 4.68. The molecule has 3 rings (SSSR count).